The van der Waals surface area contributed by atoms with Gasteiger partial charge in [-0.3, -0.25) is 0 Å². The van der Waals surface area contributed by atoms with Crippen molar-refractivity contribution in [2.45, 2.75) is 0 Å². The summed E-state index contributed by atoms with van der Waals surface area (Å²) in [6, 6.07) is 7.74. The van der Waals surface area contributed by atoms with Gasteiger partial charge in [-0.15, -0.1) is 14.4 Å². The van der Waals surface area contributed by atoms with Crippen molar-refractivity contribution >= 4 is 19.5 Å². The summed E-state index contributed by atoms with van der Waals surface area (Å²) >= 11 is 0. The Morgan fingerprint density at radius 1 is 1.12 bits per heavy atom. The van der Waals surface area contributed by atoms with Crippen LogP contribution in [0, 0.1) is 0 Å². The SMILES string of the molecule is CN(C)[PH+](On1nnc2ccccc21)N(C)C. The van der Waals surface area contributed by atoms with Gasteiger partial charge in [0, 0.05) is 28.2 Å². The maximum atomic E-state index is 5.89. The van der Waals surface area contributed by atoms with Crippen LogP contribution >= 0.6 is 8.45 Å². The van der Waals surface area contributed by atoms with Gasteiger partial charge in [-0.1, -0.05) is 12.1 Å². The van der Waals surface area contributed by atoms with Gasteiger partial charge in [-0.2, -0.15) is 0 Å². The molecule has 0 amide bonds. The van der Waals surface area contributed by atoms with Gasteiger partial charge in [-0.25, -0.2) is 4.62 Å². The van der Waals surface area contributed by atoms with Crippen LogP contribution in [0.1, 0.15) is 0 Å². The molecule has 0 saturated heterocycles. The summed E-state index contributed by atoms with van der Waals surface area (Å²) in [6.45, 7) is 0. The van der Waals surface area contributed by atoms with Gasteiger partial charge >= 0.3 is 8.45 Å². The first-order valence-electron chi connectivity index (χ1n) is 5.30. The van der Waals surface area contributed by atoms with Crippen molar-refractivity contribution in [3.05, 3.63) is 24.3 Å². The summed E-state index contributed by atoms with van der Waals surface area (Å²) in [7, 11) is 6.71. The summed E-state index contributed by atoms with van der Waals surface area (Å²) in [6.07, 6.45) is 0. The lowest BCUT2D eigenvalue weighted by molar-refractivity contribution is 0.230. The predicted molar refractivity (Wildman–Crippen MR) is 69.8 cm³/mol. The smallest absolute Gasteiger partial charge is 0.207 e. The van der Waals surface area contributed by atoms with E-state index < -0.39 is 8.45 Å². The molecule has 92 valence electrons. The van der Waals surface area contributed by atoms with Crippen molar-refractivity contribution in [2.24, 2.45) is 0 Å². The molecule has 0 bridgehead atoms. The van der Waals surface area contributed by atoms with Crippen molar-refractivity contribution in [1.82, 2.24) is 24.5 Å². The lowest BCUT2D eigenvalue weighted by Gasteiger charge is -2.18. The number of hydrogen-bond acceptors (Lipinski definition) is 5. The van der Waals surface area contributed by atoms with Gasteiger partial charge in [0.15, 0.2) is 0 Å². The quantitative estimate of drug-likeness (QED) is 0.760. The van der Waals surface area contributed by atoms with E-state index in [2.05, 4.69) is 19.7 Å². The average molecular weight is 254 g/mol. The fourth-order valence-corrected chi connectivity index (χ4v) is 2.97. The average Bonchev–Trinajstić information content (AvgIpc) is 2.68. The first-order chi connectivity index (χ1) is 8.09. The van der Waals surface area contributed by atoms with Crippen LogP contribution in [0.15, 0.2) is 24.3 Å². The Kier molecular flexibility index (Phi) is 3.57. The minimum Gasteiger partial charge on any atom is -0.207 e. The minimum atomic E-state index is -1.26. The van der Waals surface area contributed by atoms with Gasteiger partial charge < -0.3 is 0 Å². The number of benzene rings is 1. The monoisotopic (exact) mass is 254 g/mol. The third-order valence-corrected chi connectivity index (χ3v) is 4.12. The summed E-state index contributed by atoms with van der Waals surface area (Å²) in [4.78, 5) is 1.50. The standard InChI is InChI=1S/C10H16N5OP/c1-13(2)17(14(3)4)16-15-10-8-6-5-7-9(10)11-12-15/h5-8H,1-4H3/p+1. The molecule has 0 unspecified atom stereocenters. The molecule has 1 aromatic heterocycles. The van der Waals surface area contributed by atoms with E-state index in [-0.39, 0.29) is 0 Å². The molecule has 2 aromatic rings. The lowest BCUT2D eigenvalue weighted by atomic mass is 10.3. The molecule has 0 radical (unpaired) electrons. The lowest BCUT2D eigenvalue weighted by Crippen LogP contribution is -2.25. The highest BCUT2D eigenvalue weighted by molar-refractivity contribution is 7.47. The second-order valence-corrected chi connectivity index (χ2v) is 6.65. The van der Waals surface area contributed by atoms with Crippen LogP contribution in [0.5, 0.6) is 0 Å². The molecule has 0 aliphatic rings. The van der Waals surface area contributed by atoms with Gasteiger partial charge in [-0.05, 0) is 22.2 Å². The largest absolute Gasteiger partial charge is 0.357 e. The molecule has 2 rings (SSSR count). The van der Waals surface area contributed by atoms with Crippen LogP contribution in [-0.2, 0) is 0 Å². The Hall–Kier alpha value is -1.23. The molecule has 0 spiro atoms. The number of rotatable bonds is 4. The third-order valence-electron chi connectivity index (χ3n) is 2.25. The van der Waals surface area contributed by atoms with Crippen LogP contribution in [0.4, 0.5) is 0 Å². The summed E-state index contributed by atoms with van der Waals surface area (Å²) in [5.41, 5.74) is 1.73. The van der Waals surface area contributed by atoms with Crippen molar-refractivity contribution in [3.8, 4) is 0 Å². The van der Waals surface area contributed by atoms with E-state index in [4.69, 9.17) is 4.62 Å². The normalized spacial score (nSPS) is 11.9. The number of para-hydroxylation sites is 1. The van der Waals surface area contributed by atoms with Gasteiger partial charge in [0.25, 0.3) is 0 Å². The number of aromatic nitrogens is 3. The molecule has 0 aliphatic carbocycles. The Bertz CT molecular complexity index is 490. The summed E-state index contributed by atoms with van der Waals surface area (Å²) in [5, 5.41) is 8.07. The van der Waals surface area contributed by atoms with Crippen molar-refractivity contribution in [2.75, 3.05) is 28.2 Å². The first-order valence-corrected chi connectivity index (χ1v) is 6.60. The molecule has 17 heavy (non-hydrogen) atoms. The molecule has 1 heterocycles. The van der Waals surface area contributed by atoms with E-state index in [0.29, 0.717) is 0 Å². The Morgan fingerprint density at radius 2 is 1.76 bits per heavy atom. The Balaban J connectivity index is 2.28. The highest BCUT2D eigenvalue weighted by Gasteiger charge is 2.27. The topological polar surface area (TPSA) is 46.4 Å². The maximum Gasteiger partial charge on any atom is 0.357 e. The summed E-state index contributed by atoms with van der Waals surface area (Å²) in [5.74, 6) is 0. The van der Waals surface area contributed by atoms with Crippen LogP contribution in [0.25, 0.3) is 11.0 Å². The highest BCUT2D eigenvalue weighted by atomic mass is 31.2. The zero-order valence-electron chi connectivity index (χ0n) is 10.5. The molecule has 0 aliphatic heterocycles. The molecule has 0 saturated carbocycles. The minimum absolute atomic E-state index is 0.839. The van der Waals surface area contributed by atoms with Gasteiger partial charge in [0.2, 0.25) is 0 Å². The molecule has 6 nitrogen and oxygen atoms in total. The van der Waals surface area contributed by atoms with E-state index in [1.807, 2.05) is 52.5 Å². The van der Waals surface area contributed by atoms with Crippen LogP contribution in [-0.4, -0.2) is 52.7 Å². The molecule has 1 aromatic carbocycles. The molecular weight excluding hydrogens is 237 g/mol. The highest BCUT2D eigenvalue weighted by Crippen LogP contribution is 2.37. The molecular formula is C10H17N5OP+. The second-order valence-electron chi connectivity index (χ2n) is 4.11. The summed E-state index contributed by atoms with van der Waals surface area (Å²) < 4.78 is 10.0. The predicted octanol–water partition coefficient (Wildman–Crippen LogP) is 0.942. The van der Waals surface area contributed by atoms with E-state index in [1.54, 1.807) is 0 Å². The number of hydrogen-bond donors (Lipinski definition) is 0. The van der Waals surface area contributed by atoms with Crippen molar-refractivity contribution < 1.29 is 4.62 Å². The second kappa shape index (κ2) is 4.96. The van der Waals surface area contributed by atoms with Crippen molar-refractivity contribution in [1.29, 1.82) is 0 Å². The van der Waals surface area contributed by atoms with E-state index >= 15 is 0 Å². The van der Waals surface area contributed by atoms with E-state index in [9.17, 15) is 0 Å². The van der Waals surface area contributed by atoms with Gasteiger partial charge in [0.05, 0.1) is 0 Å². The Labute approximate surface area is 102 Å². The third kappa shape index (κ3) is 2.54. The first kappa shape index (κ1) is 12.2. The molecule has 0 atom stereocenters. The fourth-order valence-electron chi connectivity index (χ4n) is 1.56. The maximum absolute atomic E-state index is 5.89. The van der Waals surface area contributed by atoms with Crippen molar-refractivity contribution in [3.63, 3.8) is 0 Å². The van der Waals surface area contributed by atoms with Crippen LogP contribution in [0.3, 0.4) is 0 Å². The zero-order valence-corrected chi connectivity index (χ0v) is 11.5. The zero-order chi connectivity index (χ0) is 12.4. The number of nitrogens with zero attached hydrogens (tertiary/aromatic N) is 5. The van der Waals surface area contributed by atoms with Gasteiger partial charge in [0.1, 0.15) is 11.0 Å². The van der Waals surface area contributed by atoms with E-state index in [0.717, 1.165) is 11.0 Å². The number of fused-ring (bicyclic) bond motifs is 1. The molecule has 7 heteroatoms. The Morgan fingerprint density at radius 3 is 2.41 bits per heavy atom. The fraction of sp³-hybridized carbons (Fsp3) is 0.400. The van der Waals surface area contributed by atoms with E-state index in [1.165, 1.54) is 4.85 Å². The van der Waals surface area contributed by atoms with Crippen LogP contribution < -0.4 is 4.62 Å². The molecule has 0 fully saturated rings. The van der Waals surface area contributed by atoms with Crippen LogP contribution in [0.2, 0.25) is 0 Å². The molecule has 0 N–H and O–H groups in total.